The molecule has 0 heterocycles. The van der Waals surface area contributed by atoms with Crippen LogP contribution in [0.3, 0.4) is 0 Å². The highest BCUT2D eigenvalue weighted by Gasteiger charge is 2.08. The molecule has 0 aromatic heterocycles. The minimum Gasteiger partial charge on any atom is -0.192 e. The summed E-state index contributed by atoms with van der Waals surface area (Å²) in [6.07, 6.45) is 21.8. The fraction of sp³-hybridized carbons (Fsp3) is 0.600. The van der Waals surface area contributed by atoms with E-state index >= 15 is 0 Å². The van der Waals surface area contributed by atoms with Crippen molar-refractivity contribution in [2.75, 3.05) is 0 Å². The van der Waals surface area contributed by atoms with E-state index in [2.05, 4.69) is 16.6 Å². The molecule has 0 amide bonds. The fourth-order valence-corrected chi connectivity index (χ4v) is 4.35. The van der Waals surface area contributed by atoms with Gasteiger partial charge in [0.05, 0.1) is 5.22 Å². The Bertz CT molecular complexity index is 976. The van der Waals surface area contributed by atoms with Gasteiger partial charge in [0.1, 0.15) is 30.9 Å². The molecule has 1 aromatic carbocycles. The molecule has 0 saturated carbocycles. The van der Waals surface area contributed by atoms with Crippen molar-refractivity contribution in [3.05, 3.63) is 57.0 Å². The second kappa shape index (κ2) is 19.4. The lowest BCUT2D eigenvalue weighted by Crippen LogP contribution is -2.18. The van der Waals surface area contributed by atoms with Gasteiger partial charge in [-0.2, -0.15) is 20.2 Å². The van der Waals surface area contributed by atoms with Crippen LogP contribution in [-0.4, -0.2) is 0 Å². The van der Waals surface area contributed by atoms with E-state index in [-0.39, 0.29) is 11.4 Å². The summed E-state index contributed by atoms with van der Waals surface area (Å²) < 4.78 is 0. The van der Waals surface area contributed by atoms with Crippen LogP contribution in [0.15, 0.2) is 18.2 Å². The topological polar surface area (TPSA) is 56.3 Å². The second-order valence-corrected chi connectivity index (χ2v) is 9.07. The smallest absolute Gasteiger partial charge is 0.192 e. The number of benzene rings is 1. The zero-order valence-corrected chi connectivity index (χ0v) is 21.0. The lowest BCUT2D eigenvalue weighted by Gasteiger charge is -2.05. The quantitative estimate of drug-likeness (QED) is 0.179. The molecule has 0 bridgehead atoms. The van der Waals surface area contributed by atoms with Gasteiger partial charge in [0, 0.05) is 5.22 Å². The van der Waals surface area contributed by atoms with Crippen LogP contribution in [0.1, 0.15) is 115 Å². The van der Waals surface area contributed by atoms with Crippen LogP contribution < -0.4 is 10.4 Å². The number of nitriles is 2. The van der Waals surface area contributed by atoms with Crippen molar-refractivity contribution in [3.8, 4) is 12.1 Å². The Morgan fingerprint density at radius 1 is 0.706 bits per heavy atom. The van der Waals surface area contributed by atoms with E-state index in [1.807, 2.05) is 12.1 Å². The van der Waals surface area contributed by atoms with Gasteiger partial charge in [0.15, 0.2) is 0 Å². The molecule has 4 heteroatoms. The summed E-state index contributed by atoms with van der Waals surface area (Å²) in [5, 5.41) is 19.7. The first-order chi connectivity index (χ1) is 16.7. The van der Waals surface area contributed by atoms with Gasteiger partial charge in [0.25, 0.3) is 0 Å². The summed E-state index contributed by atoms with van der Waals surface area (Å²) in [4.78, 5) is 6.58. The number of hydrogen-bond donors (Lipinski definition) is 0. The molecule has 0 aliphatic rings. The molecule has 0 N–H and O–H groups in total. The highest BCUT2D eigenvalue weighted by Crippen LogP contribution is 2.14. The van der Waals surface area contributed by atoms with Crippen molar-refractivity contribution < 1.29 is 0 Å². The van der Waals surface area contributed by atoms with Crippen LogP contribution in [0.2, 0.25) is 0 Å². The summed E-state index contributed by atoms with van der Waals surface area (Å²) in [7, 11) is 0. The monoisotopic (exact) mass is 456 g/mol. The third-order valence-corrected chi connectivity index (χ3v) is 6.37. The van der Waals surface area contributed by atoms with Crippen molar-refractivity contribution >= 4 is 11.4 Å². The van der Waals surface area contributed by atoms with Gasteiger partial charge in [-0.05, 0) is 18.4 Å². The molecule has 4 nitrogen and oxygen atoms in total. The molecule has 34 heavy (non-hydrogen) atoms. The fourth-order valence-electron chi connectivity index (χ4n) is 4.35. The highest BCUT2D eigenvalue weighted by molar-refractivity contribution is 5.73. The molecule has 0 unspecified atom stereocenters. The maximum absolute atomic E-state index is 9.28. The minimum atomic E-state index is 0.0234. The average Bonchev–Trinajstić information content (AvgIpc) is 2.86. The molecule has 1 aromatic rings. The van der Waals surface area contributed by atoms with E-state index in [0.717, 1.165) is 24.8 Å². The number of aryl methyl sites for hydroxylation is 1. The predicted molar refractivity (Wildman–Crippen MR) is 140 cm³/mol. The Kier molecular flexibility index (Phi) is 16.5. The summed E-state index contributed by atoms with van der Waals surface area (Å²) in [5.74, 6) is 0.0234. The minimum absolute atomic E-state index is 0.0234. The molecule has 0 radical (unpaired) electrons. The second-order valence-electron chi connectivity index (χ2n) is 9.07. The summed E-state index contributed by atoms with van der Waals surface area (Å²) in [6.45, 7) is 16.6. The maximum Gasteiger partial charge on any atom is 0.526 e. The van der Waals surface area contributed by atoms with E-state index in [9.17, 15) is 10.5 Å². The van der Waals surface area contributed by atoms with Gasteiger partial charge < -0.3 is 0 Å². The van der Waals surface area contributed by atoms with Crippen molar-refractivity contribution in [2.24, 2.45) is 0 Å². The third-order valence-electron chi connectivity index (χ3n) is 6.37. The molecule has 1 rings (SSSR count). The molecule has 0 aliphatic carbocycles. The van der Waals surface area contributed by atoms with Gasteiger partial charge in [-0.1, -0.05) is 121 Å². The summed E-state index contributed by atoms with van der Waals surface area (Å²) in [6, 6.07) is 9.11. The molecule has 0 spiro atoms. The van der Waals surface area contributed by atoms with E-state index < -0.39 is 0 Å². The van der Waals surface area contributed by atoms with Gasteiger partial charge in [0.2, 0.25) is 0 Å². The molecule has 180 valence electrons. The molecular formula is C30H40N4. The average molecular weight is 457 g/mol. The van der Waals surface area contributed by atoms with E-state index in [1.54, 1.807) is 18.2 Å². The van der Waals surface area contributed by atoms with Crippen molar-refractivity contribution in [1.82, 2.24) is 0 Å². The van der Waals surface area contributed by atoms with Crippen LogP contribution in [0.5, 0.6) is 0 Å². The molecule has 0 atom stereocenters. The number of rotatable bonds is 17. The standard InChI is InChI=1S/C30H40N4/c1-4-5-6-7-8-9-10-11-12-13-14-15-16-17-18-19-20-26-23-27(30(33-2)34-3)21-22-29(26)28(24-31)25-32/h21-23H,4-20H2,1H3. The SMILES string of the molecule is [C-]#[N+]C([N+]#[C-])=c1ccc(=C(C#N)C#N)c(CCCCCCCCCCCCCCCCCC)c1. The van der Waals surface area contributed by atoms with Gasteiger partial charge >= 0.3 is 5.82 Å². The predicted octanol–water partition coefficient (Wildman–Crippen LogP) is 7.59. The van der Waals surface area contributed by atoms with Crippen molar-refractivity contribution in [2.45, 2.75) is 116 Å². The van der Waals surface area contributed by atoms with Gasteiger partial charge in [-0.25, -0.2) is 0 Å². The van der Waals surface area contributed by atoms with Crippen molar-refractivity contribution in [1.29, 1.82) is 10.5 Å². The van der Waals surface area contributed by atoms with Crippen LogP contribution in [0.4, 0.5) is 0 Å². The summed E-state index contributed by atoms with van der Waals surface area (Å²) >= 11 is 0. The van der Waals surface area contributed by atoms with Crippen LogP contribution in [0.25, 0.3) is 21.1 Å². The zero-order valence-electron chi connectivity index (χ0n) is 21.0. The van der Waals surface area contributed by atoms with Crippen LogP contribution in [0, 0.1) is 35.8 Å². The third kappa shape index (κ3) is 11.7. The molecule has 0 saturated heterocycles. The van der Waals surface area contributed by atoms with E-state index in [0.29, 0.717) is 10.4 Å². The lowest BCUT2D eigenvalue weighted by molar-refractivity contribution is 0.529. The van der Waals surface area contributed by atoms with Gasteiger partial charge in [-0.15, -0.1) is 0 Å². The van der Waals surface area contributed by atoms with E-state index in [4.69, 9.17) is 13.1 Å². The normalized spacial score (nSPS) is 10.0. The Morgan fingerprint density at radius 3 is 1.56 bits per heavy atom. The Balaban J connectivity index is 2.32. The summed E-state index contributed by atoms with van der Waals surface area (Å²) in [5.41, 5.74) is 0.969. The van der Waals surface area contributed by atoms with Gasteiger partial charge in [-0.3, -0.25) is 0 Å². The van der Waals surface area contributed by atoms with Crippen LogP contribution in [-0.2, 0) is 6.42 Å². The Hall–Kier alpha value is -3.08. The lowest BCUT2D eigenvalue weighted by atomic mass is 9.99. The first kappa shape index (κ1) is 29.0. The number of hydrogen-bond acceptors (Lipinski definition) is 2. The Labute approximate surface area is 207 Å². The number of unbranched alkanes of at least 4 members (excludes halogenated alkanes) is 15. The first-order valence-electron chi connectivity index (χ1n) is 13.1. The zero-order chi connectivity index (χ0) is 24.9. The van der Waals surface area contributed by atoms with E-state index in [1.165, 1.54) is 89.9 Å². The molecule has 0 aliphatic heterocycles. The van der Waals surface area contributed by atoms with Crippen molar-refractivity contribution in [3.63, 3.8) is 0 Å². The Morgan fingerprint density at radius 2 is 1.15 bits per heavy atom. The largest absolute Gasteiger partial charge is 0.526 e. The first-order valence-corrected chi connectivity index (χ1v) is 13.1. The maximum atomic E-state index is 9.28. The van der Waals surface area contributed by atoms with Crippen LogP contribution >= 0.6 is 0 Å². The molecular weight excluding hydrogens is 416 g/mol. The highest BCUT2D eigenvalue weighted by atomic mass is 14.9. The molecule has 0 fully saturated rings. The number of nitrogens with zero attached hydrogens (tertiary/aromatic N) is 4.